The standard InChI is InChI=1S/C31H24OP.ClHO4/c1-4-14-24(15-5-1)33(25-16-6-2-7-17-25,26-18-8-3-9-19-26)31-27-20-10-12-22-29(27)32-30-23-13-11-21-28(30)31;2-1(3,4)5/h1-23,31H;(H,2,3,4,5)/q+1;/p-1. The summed E-state index contributed by atoms with van der Waals surface area (Å²) >= 11 is 0. The highest BCUT2D eigenvalue weighted by atomic mass is 35.7. The second-order valence-corrected chi connectivity index (χ2v) is 13.0. The van der Waals surface area contributed by atoms with Crippen molar-refractivity contribution in [1.82, 2.24) is 0 Å². The van der Waals surface area contributed by atoms with Crippen molar-refractivity contribution in [3.05, 3.63) is 151 Å². The lowest BCUT2D eigenvalue weighted by Gasteiger charge is -2.38. The summed E-state index contributed by atoms with van der Waals surface area (Å²) in [6.07, 6.45) is 0. The molecule has 5 nitrogen and oxygen atoms in total. The first-order chi connectivity index (χ1) is 18.4. The van der Waals surface area contributed by atoms with E-state index < -0.39 is 17.5 Å². The third-order valence-electron chi connectivity index (χ3n) is 6.52. The molecule has 5 aromatic rings. The van der Waals surface area contributed by atoms with E-state index in [0.717, 1.165) is 11.5 Å². The highest BCUT2D eigenvalue weighted by Crippen LogP contribution is 2.72. The lowest BCUT2D eigenvalue weighted by molar-refractivity contribution is -2.00. The molecule has 0 aliphatic carbocycles. The van der Waals surface area contributed by atoms with Crippen LogP contribution < -0.4 is 39.3 Å². The van der Waals surface area contributed by atoms with Crippen molar-refractivity contribution in [2.75, 3.05) is 0 Å². The van der Waals surface area contributed by atoms with E-state index in [-0.39, 0.29) is 5.66 Å². The Morgan fingerprint density at radius 2 is 0.737 bits per heavy atom. The summed E-state index contributed by atoms with van der Waals surface area (Å²) in [4.78, 5) is 0. The van der Waals surface area contributed by atoms with Crippen LogP contribution in [-0.2, 0) is 0 Å². The predicted molar refractivity (Wildman–Crippen MR) is 140 cm³/mol. The molecule has 0 bridgehead atoms. The minimum absolute atomic E-state index is 0.144. The smallest absolute Gasteiger partial charge is 0.141 e. The van der Waals surface area contributed by atoms with Gasteiger partial charge in [0.25, 0.3) is 0 Å². The van der Waals surface area contributed by atoms with E-state index in [1.807, 2.05) is 0 Å². The van der Waals surface area contributed by atoms with E-state index in [0.29, 0.717) is 0 Å². The first kappa shape index (κ1) is 26.1. The summed E-state index contributed by atoms with van der Waals surface area (Å²) in [5.74, 6) is 1.90. The molecule has 0 aromatic heterocycles. The van der Waals surface area contributed by atoms with Crippen molar-refractivity contribution < 1.29 is 33.6 Å². The fraction of sp³-hybridized carbons (Fsp3) is 0.0323. The SMILES string of the molecule is [O-][Cl+3]([O-])([O-])[O-].c1ccc([P+](c2ccccc2)(c2ccccc2)C2c3ccccc3Oc3ccccc32)cc1. The van der Waals surface area contributed by atoms with Gasteiger partial charge in [-0.25, -0.2) is 18.6 Å². The number of rotatable bonds is 4. The maximum atomic E-state index is 8.49. The Balaban J connectivity index is 0.000000540. The van der Waals surface area contributed by atoms with Crippen LogP contribution in [0.4, 0.5) is 0 Å². The van der Waals surface area contributed by atoms with Gasteiger partial charge in [-0.05, 0) is 48.5 Å². The van der Waals surface area contributed by atoms with Gasteiger partial charge in [-0.3, -0.25) is 0 Å². The third-order valence-corrected chi connectivity index (χ3v) is 11.2. The molecule has 7 heteroatoms. The van der Waals surface area contributed by atoms with Crippen LogP contribution in [0.3, 0.4) is 0 Å². The second kappa shape index (κ2) is 11.1. The normalized spacial score (nSPS) is 12.8. The topological polar surface area (TPSA) is 101 Å². The van der Waals surface area contributed by atoms with Gasteiger partial charge < -0.3 is 4.74 Å². The predicted octanol–water partition coefficient (Wildman–Crippen LogP) is 2.12. The van der Waals surface area contributed by atoms with Gasteiger partial charge in [0.1, 0.15) is 40.3 Å². The Kier molecular flexibility index (Phi) is 7.59. The van der Waals surface area contributed by atoms with Crippen molar-refractivity contribution in [1.29, 1.82) is 0 Å². The average Bonchev–Trinajstić information content (AvgIpc) is 2.94. The fourth-order valence-electron chi connectivity index (χ4n) is 5.19. The molecular formula is C31H24ClO5P. The molecule has 190 valence electrons. The minimum Gasteiger partial charge on any atom is -0.456 e. The summed E-state index contributed by atoms with van der Waals surface area (Å²) < 4.78 is 40.4. The van der Waals surface area contributed by atoms with Gasteiger partial charge in [-0.15, -0.1) is 10.2 Å². The molecule has 0 unspecified atom stereocenters. The van der Waals surface area contributed by atoms with Crippen LogP contribution in [0.5, 0.6) is 11.5 Å². The van der Waals surface area contributed by atoms with Gasteiger partial charge in [-0.1, -0.05) is 91.0 Å². The lowest BCUT2D eigenvalue weighted by atomic mass is 10.00. The number of halogens is 1. The molecule has 0 fully saturated rings. The van der Waals surface area contributed by atoms with Crippen LogP contribution in [0, 0.1) is 10.2 Å². The summed E-state index contributed by atoms with van der Waals surface area (Å²) in [6, 6.07) is 50.4. The maximum absolute atomic E-state index is 8.49. The number of hydrogen-bond donors (Lipinski definition) is 0. The minimum atomic E-state index is -4.94. The highest BCUT2D eigenvalue weighted by molar-refractivity contribution is 7.96. The Hall–Kier alpha value is -3.54. The molecule has 0 spiro atoms. The molecular weight excluding hydrogens is 519 g/mol. The Morgan fingerprint density at radius 3 is 1.08 bits per heavy atom. The van der Waals surface area contributed by atoms with Crippen molar-refractivity contribution in [2.45, 2.75) is 5.66 Å². The van der Waals surface area contributed by atoms with Crippen molar-refractivity contribution in [3.8, 4) is 11.5 Å². The molecule has 0 atom stereocenters. The van der Waals surface area contributed by atoms with E-state index in [1.165, 1.54) is 27.0 Å². The molecule has 1 aliphatic heterocycles. The molecule has 1 aliphatic rings. The fourth-order valence-corrected chi connectivity index (χ4v) is 10.2. The van der Waals surface area contributed by atoms with Gasteiger partial charge in [0, 0.05) is 11.1 Å². The largest absolute Gasteiger partial charge is 0.456 e. The molecule has 1 heterocycles. The van der Waals surface area contributed by atoms with Crippen molar-refractivity contribution in [3.63, 3.8) is 0 Å². The molecule has 5 aromatic carbocycles. The number of ether oxygens (including phenoxy) is 1. The lowest BCUT2D eigenvalue weighted by Crippen LogP contribution is -2.68. The summed E-state index contributed by atoms with van der Waals surface area (Å²) in [6.45, 7) is 0. The Bertz CT molecular complexity index is 1340. The molecule has 0 N–H and O–H groups in total. The molecule has 6 rings (SSSR count). The first-order valence-corrected chi connectivity index (χ1v) is 15.0. The van der Waals surface area contributed by atoms with Crippen molar-refractivity contribution in [2.24, 2.45) is 0 Å². The van der Waals surface area contributed by atoms with Crippen molar-refractivity contribution >= 4 is 23.2 Å². The number of fused-ring (bicyclic) bond motifs is 2. The first-order valence-electron chi connectivity index (χ1n) is 11.9. The molecule has 38 heavy (non-hydrogen) atoms. The second-order valence-electron chi connectivity index (χ2n) is 8.69. The van der Waals surface area contributed by atoms with E-state index >= 15 is 0 Å². The summed E-state index contributed by atoms with van der Waals surface area (Å²) in [5.41, 5.74) is 2.65. The zero-order valence-electron chi connectivity index (χ0n) is 20.2. The molecule has 0 saturated heterocycles. The third kappa shape index (κ3) is 5.22. The van der Waals surface area contributed by atoms with Crippen LogP contribution in [-0.4, -0.2) is 0 Å². The van der Waals surface area contributed by atoms with Crippen LogP contribution in [0.15, 0.2) is 140 Å². The van der Waals surface area contributed by atoms with E-state index in [4.69, 9.17) is 23.4 Å². The van der Waals surface area contributed by atoms with Gasteiger partial charge in [0.2, 0.25) is 0 Å². The number of para-hydroxylation sites is 2. The molecule has 0 radical (unpaired) electrons. The van der Waals surface area contributed by atoms with E-state index in [2.05, 4.69) is 140 Å². The van der Waals surface area contributed by atoms with Gasteiger partial charge in [0.05, 0.1) is 0 Å². The van der Waals surface area contributed by atoms with Gasteiger partial charge >= 0.3 is 0 Å². The maximum Gasteiger partial charge on any atom is 0.141 e. The van der Waals surface area contributed by atoms with Crippen LogP contribution in [0.25, 0.3) is 0 Å². The zero-order valence-corrected chi connectivity index (χ0v) is 21.9. The monoisotopic (exact) mass is 542 g/mol. The summed E-state index contributed by atoms with van der Waals surface area (Å²) in [7, 11) is -7.12. The quantitative estimate of drug-likeness (QED) is 0.324. The molecule has 0 saturated carbocycles. The summed E-state index contributed by atoms with van der Waals surface area (Å²) in [5, 5.41) is 4.12. The van der Waals surface area contributed by atoms with Crippen LogP contribution in [0.2, 0.25) is 0 Å². The number of hydrogen-bond acceptors (Lipinski definition) is 5. The highest BCUT2D eigenvalue weighted by Gasteiger charge is 2.56. The Morgan fingerprint density at radius 1 is 0.447 bits per heavy atom. The average molecular weight is 543 g/mol. The van der Waals surface area contributed by atoms with E-state index in [9.17, 15) is 0 Å². The van der Waals surface area contributed by atoms with Crippen LogP contribution >= 0.6 is 7.26 Å². The number of benzene rings is 5. The van der Waals surface area contributed by atoms with Gasteiger partial charge in [-0.2, -0.15) is 0 Å². The molecule has 0 amide bonds. The van der Waals surface area contributed by atoms with E-state index in [1.54, 1.807) is 0 Å². The Labute approximate surface area is 224 Å². The van der Waals surface area contributed by atoms with Gasteiger partial charge in [0.15, 0.2) is 0 Å². The van der Waals surface area contributed by atoms with Crippen LogP contribution in [0.1, 0.15) is 16.8 Å². The zero-order chi connectivity index (χ0) is 26.6.